The molecule has 84 valence electrons. The van der Waals surface area contributed by atoms with Crippen molar-refractivity contribution in [2.45, 2.75) is 18.2 Å². The van der Waals surface area contributed by atoms with Gasteiger partial charge in [0.2, 0.25) is 0 Å². The van der Waals surface area contributed by atoms with Gasteiger partial charge in [-0.05, 0) is 24.0 Å². The molecule has 0 bridgehead atoms. The Kier molecular flexibility index (Phi) is 2.61. The number of rotatable bonds is 3. The highest BCUT2D eigenvalue weighted by molar-refractivity contribution is 6.44. The lowest BCUT2D eigenvalue weighted by molar-refractivity contribution is 0.0693. The first kappa shape index (κ1) is 11.0. The van der Waals surface area contributed by atoms with Crippen LogP contribution in [0.15, 0.2) is 18.2 Å². The minimum Gasteiger partial charge on any atom is -0.507 e. The van der Waals surface area contributed by atoms with Crippen molar-refractivity contribution in [2.24, 2.45) is 0 Å². The smallest absolute Gasteiger partial charge is 0.455 e. The van der Waals surface area contributed by atoms with Crippen LogP contribution in [0.2, 0.25) is 5.82 Å². The predicted molar refractivity (Wildman–Crippen MR) is 56.4 cm³/mol. The number of carbonyl (C=O) groups is 1. The molecule has 4 N–H and O–H groups in total. The third-order valence-corrected chi connectivity index (χ3v) is 2.92. The summed E-state index contributed by atoms with van der Waals surface area (Å²) in [6.45, 7) is 0. The number of aromatic hydroxyl groups is 1. The summed E-state index contributed by atoms with van der Waals surface area (Å²) in [6.07, 6.45) is 0.550. The summed E-state index contributed by atoms with van der Waals surface area (Å²) < 4.78 is 0. The fraction of sp³-hybridized carbons (Fsp3) is 0.300. The fourth-order valence-electron chi connectivity index (χ4n) is 1.93. The maximum atomic E-state index is 10.8. The summed E-state index contributed by atoms with van der Waals surface area (Å²) in [5, 5.41) is 36.4. The number of hydrogen-bond acceptors (Lipinski definition) is 4. The second kappa shape index (κ2) is 3.81. The van der Waals surface area contributed by atoms with E-state index in [0.29, 0.717) is 12.0 Å². The molecule has 0 aliphatic heterocycles. The van der Waals surface area contributed by atoms with Crippen molar-refractivity contribution < 1.29 is 25.1 Å². The van der Waals surface area contributed by atoms with Gasteiger partial charge >= 0.3 is 13.1 Å². The lowest BCUT2D eigenvalue weighted by atomic mass is 9.81. The van der Waals surface area contributed by atoms with Crippen LogP contribution in [-0.2, 0) is 0 Å². The van der Waals surface area contributed by atoms with Crippen molar-refractivity contribution in [1.82, 2.24) is 0 Å². The maximum Gasteiger partial charge on any atom is 0.455 e. The number of carboxylic acids is 1. The quantitative estimate of drug-likeness (QED) is 0.555. The summed E-state index contributed by atoms with van der Waals surface area (Å²) in [7, 11) is -1.42. The fourth-order valence-corrected chi connectivity index (χ4v) is 1.93. The molecule has 0 radical (unpaired) electrons. The molecule has 2 atom stereocenters. The van der Waals surface area contributed by atoms with Crippen molar-refractivity contribution in [2.75, 3.05) is 0 Å². The minimum atomic E-state index is -1.42. The molecule has 0 spiro atoms. The van der Waals surface area contributed by atoms with Gasteiger partial charge in [-0.3, -0.25) is 0 Å². The van der Waals surface area contributed by atoms with E-state index >= 15 is 0 Å². The van der Waals surface area contributed by atoms with Crippen LogP contribution in [0.3, 0.4) is 0 Å². The van der Waals surface area contributed by atoms with Gasteiger partial charge in [0.1, 0.15) is 11.3 Å². The average Bonchev–Trinajstić information content (AvgIpc) is 2.97. The molecule has 2 rings (SSSR count). The molecule has 1 aromatic carbocycles. The van der Waals surface area contributed by atoms with E-state index in [4.69, 9.17) is 15.2 Å². The standard InChI is InChI=1S/C10H11BO5/c12-9-5(7-4-8(7)11(15)16)2-1-3-6(9)10(13)14/h1-3,7-8,12,15-16H,4H2,(H,13,14)/t7-,8-/m0/s1. The van der Waals surface area contributed by atoms with Gasteiger partial charge in [0.25, 0.3) is 0 Å². The van der Waals surface area contributed by atoms with Gasteiger partial charge in [0.05, 0.1) is 0 Å². The first-order chi connectivity index (χ1) is 7.52. The third-order valence-electron chi connectivity index (χ3n) is 2.92. The Morgan fingerprint density at radius 3 is 2.56 bits per heavy atom. The highest BCUT2D eigenvalue weighted by atomic mass is 16.4. The molecule has 0 heterocycles. The van der Waals surface area contributed by atoms with E-state index in [9.17, 15) is 9.90 Å². The van der Waals surface area contributed by atoms with Crippen LogP contribution in [0.1, 0.15) is 28.3 Å². The van der Waals surface area contributed by atoms with Crippen molar-refractivity contribution in [1.29, 1.82) is 0 Å². The van der Waals surface area contributed by atoms with Gasteiger partial charge in [-0.2, -0.15) is 0 Å². The Bertz CT molecular complexity index is 431. The molecule has 1 fully saturated rings. The molecule has 5 nitrogen and oxygen atoms in total. The van der Waals surface area contributed by atoms with E-state index in [1.807, 2.05) is 0 Å². The summed E-state index contributed by atoms with van der Waals surface area (Å²) >= 11 is 0. The Balaban J connectivity index is 2.30. The molecule has 16 heavy (non-hydrogen) atoms. The van der Waals surface area contributed by atoms with Gasteiger partial charge in [-0.1, -0.05) is 12.1 Å². The molecule has 1 aromatic rings. The molecule has 1 aliphatic rings. The van der Waals surface area contributed by atoms with Crippen LogP contribution in [0, 0.1) is 0 Å². The van der Waals surface area contributed by atoms with Gasteiger partial charge in [-0.25, -0.2) is 4.79 Å². The molecule has 0 aromatic heterocycles. The Morgan fingerprint density at radius 1 is 1.38 bits per heavy atom. The zero-order valence-electron chi connectivity index (χ0n) is 8.37. The monoisotopic (exact) mass is 222 g/mol. The zero-order chi connectivity index (χ0) is 11.9. The molecular weight excluding hydrogens is 211 g/mol. The summed E-state index contributed by atoms with van der Waals surface area (Å²) in [6, 6.07) is 4.46. The zero-order valence-corrected chi connectivity index (χ0v) is 8.37. The SMILES string of the molecule is O=C(O)c1cccc([C@@H]2C[C@@H]2B(O)O)c1O. The minimum absolute atomic E-state index is 0.157. The number of phenols is 1. The molecule has 0 amide bonds. The van der Waals surface area contributed by atoms with E-state index in [0.717, 1.165) is 0 Å². The number of hydrogen-bond donors (Lipinski definition) is 4. The molecule has 1 aliphatic carbocycles. The predicted octanol–water partition coefficient (Wildman–Crippen LogP) is 0.421. The third kappa shape index (κ3) is 1.77. The highest BCUT2D eigenvalue weighted by Crippen LogP contribution is 2.56. The Hall–Kier alpha value is -1.53. The van der Waals surface area contributed by atoms with E-state index in [1.54, 1.807) is 6.07 Å². The van der Waals surface area contributed by atoms with Crippen molar-refractivity contribution >= 4 is 13.1 Å². The maximum absolute atomic E-state index is 10.8. The van der Waals surface area contributed by atoms with Crippen LogP contribution in [0.25, 0.3) is 0 Å². The van der Waals surface area contributed by atoms with Crippen LogP contribution in [0.4, 0.5) is 0 Å². The van der Waals surface area contributed by atoms with Crippen LogP contribution in [0.5, 0.6) is 5.75 Å². The van der Waals surface area contributed by atoms with Crippen LogP contribution in [-0.4, -0.2) is 33.3 Å². The van der Waals surface area contributed by atoms with Gasteiger partial charge in [0, 0.05) is 5.82 Å². The Labute approximate surface area is 92.1 Å². The largest absolute Gasteiger partial charge is 0.507 e. The molecule has 0 saturated heterocycles. The summed E-state index contributed by atoms with van der Waals surface area (Å²) in [5.74, 6) is -1.95. The number of aromatic carboxylic acids is 1. The molecule has 1 saturated carbocycles. The van der Waals surface area contributed by atoms with E-state index < -0.39 is 13.1 Å². The first-order valence-corrected chi connectivity index (χ1v) is 4.93. The number of para-hydroxylation sites is 1. The topological polar surface area (TPSA) is 98.0 Å². The van der Waals surface area contributed by atoms with Crippen molar-refractivity contribution in [3.8, 4) is 5.75 Å². The van der Waals surface area contributed by atoms with Gasteiger partial charge < -0.3 is 20.3 Å². The van der Waals surface area contributed by atoms with Crippen molar-refractivity contribution in [3.05, 3.63) is 29.3 Å². The van der Waals surface area contributed by atoms with E-state index in [1.165, 1.54) is 12.1 Å². The summed E-state index contributed by atoms with van der Waals surface area (Å²) in [4.78, 5) is 10.8. The highest BCUT2D eigenvalue weighted by Gasteiger charge is 2.47. The lowest BCUT2D eigenvalue weighted by Gasteiger charge is -2.06. The van der Waals surface area contributed by atoms with Crippen molar-refractivity contribution in [3.63, 3.8) is 0 Å². The van der Waals surface area contributed by atoms with E-state index in [-0.39, 0.29) is 23.0 Å². The number of benzene rings is 1. The Morgan fingerprint density at radius 2 is 2.06 bits per heavy atom. The lowest BCUT2D eigenvalue weighted by Crippen LogP contribution is -2.11. The van der Waals surface area contributed by atoms with Crippen LogP contribution >= 0.6 is 0 Å². The second-order valence-electron chi connectivity index (χ2n) is 3.97. The average molecular weight is 222 g/mol. The number of carboxylic acid groups (broad SMARTS) is 1. The molecular formula is C10H11BO5. The summed E-state index contributed by atoms with van der Waals surface area (Å²) in [5.41, 5.74) is 0.313. The second-order valence-corrected chi connectivity index (χ2v) is 3.97. The van der Waals surface area contributed by atoms with Gasteiger partial charge in [-0.15, -0.1) is 0 Å². The van der Waals surface area contributed by atoms with Crippen LogP contribution < -0.4 is 0 Å². The first-order valence-electron chi connectivity index (χ1n) is 4.93. The van der Waals surface area contributed by atoms with E-state index in [2.05, 4.69) is 0 Å². The molecule has 0 unspecified atom stereocenters. The normalized spacial score (nSPS) is 22.9. The van der Waals surface area contributed by atoms with Gasteiger partial charge in [0.15, 0.2) is 0 Å². The molecule has 6 heteroatoms.